The van der Waals surface area contributed by atoms with Gasteiger partial charge < -0.3 is 9.47 Å². The van der Waals surface area contributed by atoms with Crippen molar-refractivity contribution in [1.82, 2.24) is 0 Å². The number of rotatable bonds is 3. The molecule has 0 spiro atoms. The van der Waals surface area contributed by atoms with Gasteiger partial charge in [0.05, 0.1) is 7.11 Å². The number of aryl methyl sites for hydroxylation is 1. The smallest absolute Gasteiger partial charge is 0.118 e. The van der Waals surface area contributed by atoms with E-state index in [0.717, 1.165) is 19.0 Å². The van der Waals surface area contributed by atoms with Crippen molar-refractivity contribution in [2.75, 3.05) is 20.3 Å². The van der Waals surface area contributed by atoms with E-state index in [9.17, 15) is 0 Å². The highest BCUT2D eigenvalue weighted by Crippen LogP contribution is 2.09. The van der Waals surface area contributed by atoms with Gasteiger partial charge in [-0.3, -0.25) is 0 Å². The molecular weight excluding hydrogens is 176 g/mol. The summed E-state index contributed by atoms with van der Waals surface area (Å²) in [7, 11) is 1.67. The monoisotopic (exact) mass is 196 g/mol. The van der Waals surface area contributed by atoms with Crippen LogP contribution in [0.2, 0.25) is 0 Å². The molecule has 2 nitrogen and oxygen atoms in total. The first-order chi connectivity index (χ1) is 6.74. The summed E-state index contributed by atoms with van der Waals surface area (Å²) in [4.78, 5) is 0. The average Bonchev–Trinajstić information content (AvgIpc) is 2.21. The van der Waals surface area contributed by atoms with Crippen molar-refractivity contribution in [3.8, 4) is 5.75 Å². The average molecular weight is 196 g/mol. The molecule has 0 bridgehead atoms. The Kier molecular flexibility index (Phi) is 7.95. The van der Waals surface area contributed by atoms with Gasteiger partial charge >= 0.3 is 0 Å². The fourth-order valence-corrected chi connectivity index (χ4v) is 0.878. The molecule has 2 heteroatoms. The van der Waals surface area contributed by atoms with Gasteiger partial charge in [-0.25, -0.2) is 0 Å². The Morgan fingerprint density at radius 1 is 1.00 bits per heavy atom. The molecule has 80 valence electrons. The van der Waals surface area contributed by atoms with Gasteiger partial charge in [-0.05, 0) is 32.9 Å². The maximum absolute atomic E-state index is 4.97. The molecule has 0 aliphatic heterocycles. The van der Waals surface area contributed by atoms with E-state index in [1.54, 1.807) is 7.11 Å². The SMILES string of the molecule is CCOCC.COc1ccc(C)cc1. The Balaban J connectivity index is 0.000000292. The van der Waals surface area contributed by atoms with Crippen LogP contribution < -0.4 is 4.74 Å². The van der Waals surface area contributed by atoms with Crippen molar-refractivity contribution >= 4 is 0 Å². The van der Waals surface area contributed by atoms with Crippen LogP contribution in [0.5, 0.6) is 5.75 Å². The number of hydrogen-bond acceptors (Lipinski definition) is 2. The lowest BCUT2D eigenvalue weighted by atomic mass is 10.2. The molecule has 0 radical (unpaired) electrons. The molecule has 0 aromatic heterocycles. The molecule has 0 amide bonds. The van der Waals surface area contributed by atoms with Gasteiger partial charge in [0.2, 0.25) is 0 Å². The summed E-state index contributed by atoms with van der Waals surface area (Å²) in [5, 5.41) is 0. The first kappa shape index (κ1) is 13.0. The van der Waals surface area contributed by atoms with Gasteiger partial charge in [0.15, 0.2) is 0 Å². The van der Waals surface area contributed by atoms with Crippen LogP contribution in [0.4, 0.5) is 0 Å². The van der Waals surface area contributed by atoms with Crippen molar-refractivity contribution in [2.45, 2.75) is 20.8 Å². The zero-order valence-electron chi connectivity index (χ0n) is 9.54. The van der Waals surface area contributed by atoms with Crippen LogP contribution in [0.25, 0.3) is 0 Å². The summed E-state index contributed by atoms with van der Waals surface area (Å²) in [6.45, 7) is 7.72. The summed E-state index contributed by atoms with van der Waals surface area (Å²) in [5.41, 5.74) is 1.26. The second-order valence-corrected chi connectivity index (χ2v) is 2.80. The number of hydrogen-bond donors (Lipinski definition) is 0. The molecule has 0 unspecified atom stereocenters. The third kappa shape index (κ3) is 6.49. The maximum atomic E-state index is 4.97. The molecule has 0 saturated carbocycles. The lowest BCUT2D eigenvalue weighted by molar-refractivity contribution is 0.162. The molecule has 14 heavy (non-hydrogen) atoms. The van der Waals surface area contributed by atoms with Crippen LogP contribution in [-0.2, 0) is 4.74 Å². The van der Waals surface area contributed by atoms with E-state index in [2.05, 4.69) is 6.92 Å². The van der Waals surface area contributed by atoms with E-state index in [-0.39, 0.29) is 0 Å². The van der Waals surface area contributed by atoms with Crippen LogP contribution >= 0.6 is 0 Å². The summed E-state index contributed by atoms with van der Waals surface area (Å²) in [6, 6.07) is 7.96. The summed E-state index contributed by atoms with van der Waals surface area (Å²) >= 11 is 0. The highest BCUT2D eigenvalue weighted by molar-refractivity contribution is 5.25. The Bertz CT molecular complexity index is 214. The molecule has 1 rings (SSSR count). The Labute approximate surface area is 86.9 Å². The zero-order chi connectivity index (χ0) is 10.8. The normalized spacial score (nSPS) is 8.86. The first-order valence-corrected chi connectivity index (χ1v) is 4.93. The number of benzene rings is 1. The van der Waals surface area contributed by atoms with Crippen LogP contribution in [0.3, 0.4) is 0 Å². The summed E-state index contributed by atoms with van der Waals surface area (Å²) in [6.07, 6.45) is 0. The van der Waals surface area contributed by atoms with Crippen LogP contribution in [0, 0.1) is 6.92 Å². The van der Waals surface area contributed by atoms with Crippen LogP contribution in [-0.4, -0.2) is 20.3 Å². The van der Waals surface area contributed by atoms with E-state index in [1.807, 2.05) is 38.1 Å². The largest absolute Gasteiger partial charge is 0.497 e. The predicted molar refractivity (Wildman–Crippen MR) is 59.9 cm³/mol. The third-order valence-electron chi connectivity index (χ3n) is 1.66. The summed E-state index contributed by atoms with van der Waals surface area (Å²) < 4.78 is 9.80. The van der Waals surface area contributed by atoms with E-state index < -0.39 is 0 Å². The molecule has 0 saturated heterocycles. The first-order valence-electron chi connectivity index (χ1n) is 4.93. The topological polar surface area (TPSA) is 18.5 Å². The Morgan fingerprint density at radius 3 is 1.79 bits per heavy atom. The van der Waals surface area contributed by atoms with Gasteiger partial charge in [0.25, 0.3) is 0 Å². The molecule has 0 N–H and O–H groups in total. The summed E-state index contributed by atoms with van der Waals surface area (Å²) in [5.74, 6) is 0.917. The standard InChI is InChI=1S/C8H10O.C4H10O/c1-7-3-5-8(9-2)6-4-7;1-3-5-4-2/h3-6H,1-2H3;3-4H2,1-2H3. The van der Waals surface area contributed by atoms with Crippen molar-refractivity contribution < 1.29 is 9.47 Å². The minimum absolute atomic E-state index is 0.844. The van der Waals surface area contributed by atoms with E-state index in [4.69, 9.17) is 9.47 Å². The molecular formula is C12H20O2. The maximum Gasteiger partial charge on any atom is 0.118 e. The van der Waals surface area contributed by atoms with Crippen LogP contribution in [0.1, 0.15) is 19.4 Å². The van der Waals surface area contributed by atoms with Crippen molar-refractivity contribution in [3.05, 3.63) is 29.8 Å². The third-order valence-corrected chi connectivity index (χ3v) is 1.66. The molecule has 0 aliphatic carbocycles. The second-order valence-electron chi connectivity index (χ2n) is 2.80. The minimum atomic E-state index is 0.844. The van der Waals surface area contributed by atoms with Gasteiger partial charge in [-0.15, -0.1) is 0 Å². The van der Waals surface area contributed by atoms with E-state index in [1.165, 1.54) is 5.56 Å². The highest BCUT2D eigenvalue weighted by Gasteiger charge is 1.85. The van der Waals surface area contributed by atoms with Crippen molar-refractivity contribution in [2.24, 2.45) is 0 Å². The Hall–Kier alpha value is -1.02. The predicted octanol–water partition coefficient (Wildman–Crippen LogP) is 3.05. The van der Waals surface area contributed by atoms with Gasteiger partial charge in [-0.1, -0.05) is 17.7 Å². The van der Waals surface area contributed by atoms with Gasteiger partial charge in [0.1, 0.15) is 5.75 Å². The lowest BCUT2D eigenvalue weighted by Crippen LogP contribution is -1.84. The molecule has 0 atom stereocenters. The lowest BCUT2D eigenvalue weighted by Gasteiger charge is -1.97. The Morgan fingerprint density at radius 2 is 1.50 bits per heavy atom. The van der Waals surface area contributed by atoms with E-state index in [0.29, 0.717) is 0 Å². The fourth-order valence-electron chi connectivity index (χ4n) is 0.878. The van der Waals surface area contributed by atoms with Gasteiger partial charge in [0, 0.05) is 13.2 Å². The fraction of sp³-hybridized carbons (Fsp3) is 0.500. The second kappa shape index (κ2) is 8.57. The molecule has 0 heterocycles. The highest BCUT2D eigenvalue weighted by atomic mass is 16.5. The molecule has 0 fully saturated rings. The molecule has 1 aromatic rings. The minimum Gasteiger partial charge on any atom is -0.497 e. The van der Waals surface area contributed by atoms with Gasteiger partial charge in [-0.2, -0.15) is 0 Å². The quantitative estimate of drug-likeness (QED) is 0.739. The van der Waals surface area contributed by atoms with Crippen molar-refractivity contribution in [1.29, 1.82) is 0 Å². The molecule has 0 aliphatic rings. The van der Waals surface area contributed by atoms with Crippen LogP contribution in [0.15, 0.2) is 24.3 Å². The number of ether oxygens (including phenoxy) is 2. The number of methoxy groups -OCH3 is 1. The zero-order valence-corrected chi connectivity index (χ0v) is 9.54. The van der Waals surface area contributed by atoms with E-state index >= 15 is 0 Å². The molecule has 1 aromatic carbocycles. The van der Waals surface area contributed by atoms with Crippen molar-refractivity contribution in [3.63, 3.8) is 0 Å².